The normalized spacial score (nSPS) is 17.3. The predicted molar refractivity (Wildman–Crippen MR) is 97.0 cm³/mol. The summed E-state index contributed by atoms with van der Waals surface area (Å²) >= 11 is 13.5. The number of rotatable bonds is 3. The van der Waals surface area contributed by atoms with Gasteiger partial charge >= 0.3 is 0 Å². The van der Waals surface area contributed by atoms with Gasteiger partial charge in [-0.05, 0) is 48.9 Å². The standard InChI is InChI=1S/C17H16Cl2N2OS/c1-10-2-5-15-12(6-10)7-16(23-15)17(22)21-20-9-11-3-4-13(18)8-14(11)19/h3-4,7-10H,2,5-6H2,1H3,(H,21,22)/b20-9-/t10-/m0/s1. The average molecular weight is 367 g/mol. The summed E-state index contributed by atoms with van der Waals surface area (Å²) in [6.45, 7) is 2.25. The Morgan fingerprint density at radius 3 is 3.00 bits per heavy atom. The summed E-state index contributed by atoms with van der Waals surface area (Å²) in [7, 11) is 0. The fraction of sp³-hybridized carbons (Fsp3) is 0.294. The molecule has 1 aliphatic rings. The van der Waals surface area contributed by atoms with Gasteiger partial charge in [-0.3, -0.25) is 4.79 Å². The van der Waals surface area contributed by atoms with Crippen molar-refractivity contribution in [2.24, 2.45) is 11.0 Å². The number of halogens is 2. The van der Waals surface area contributed by atoms with E-state index in [0.29, 0.717) is 26.4 Å². The Morgan fingerprint density at radius 1 is 1.39 bits per heavy atom. The van der Waals surface area contributed by atoms with Gasteiger partial charge in [0.15, 0.2) is 0 Å². The maximum Gasteiger partial charge on any atom is 0.281 e. The Hall–Kier alpha value is -1.36. The van der Waals surface area contributed by atoms with Crippen molar-refractivity contribution in [3.05, 3.63) is 55.2 Å². The number of carbonyl (C=O) groups excluding carboxylic acids is 1. The van der Waals surface area contributed by atoms with Crippen molar-refractivity contribution >= 4 is 46.7 Å². The molecule has 2 aromatic rings. The molecule has 1 amide bonds. The molecule has 1 N–H and O–H groups in total. The number of thiophene rings is 1. The fourth-order valence-electron chi connectivity index (χ4n) is 2.64. The third-order valence-corrected chi connectivity index (χ3v) is 5.68. The van der Waals surface area contributed by atoms with Crippen LogP contribution in [0.5, 0.6) is 0 Å². The van der Waals surface area contributed by atoms with E-state index in [0.717, 1.165) is 12.8 Å². The van der Waals surface area contributed by atoms with Crippen molar-refractivity contribution in [3.63, 3.8) is 0 Å². The quantitative estimate of drug-likeness (QED) is 0.606. The monoisotopic (exact) mass is 366 g/mol. The molecule has 3 nitrogen and oxygen atoms in total. The largest absolute Gasteiger partial charge is 0.281 e. The first-order chi connectivity index (χ1) is 11.0. The number of benzene rings is 1. The van der Waals surface area contributed by atoms with E-state index in [1.165, 1.54) is 23.1 Å². The second-order valence-electron chi connectivity index (χ2n) is 5.77. The van der Waals surface area contributed by atoms with Crippen molar-refractivity contribution in [2.45, 2.75) is 26.2 Å². The lowest BCUT2D eigenvalue weighted by Crippen LogP contribution is -2.16. The van der Waals surface area contributed by atoms with Gasteiger partial charge in [-0.2, -0.15) is 5.10 Å². The van der Waals surface area contributed by atoms with E-state index in [2.05, 4.69) is 17.5 Å². The lowest BCUT2D eigenvalue weighted by Gasteiger charge is -2.16. The highest BCUT2D eigenvalue weighted by Gasteiger charge is 2.20. The molecule has 3 rings (SSSR count). The van der Waals surface area contributed by atoms with Gasteiger partial charge in [-0.15, -0.1) is 11.3 Å². The molecule has 23 heavy (non-hydrogen) atoms. The Kier molecular flexibility index (Phi) is 5.05. The van der Waals surface area contributed by atoms with Crippen LogP contribution in [0.3, 0.4) is 0 Å². The lowest BCUT2D eigenvalue weighted by molar-refractivity contribution is 0.0959. The van der Waals surface area contributed by atoms with E-state index in [9.17, 15) is 4.79 Å². The van der Waals surface area contributed by atoms with E-state index in [4.69, 9.17) is 23.2 Å². The number of hydrogen-bond acceptors (Lipinski definition) is 3. The highest BCUT2D eigenvalue weighted by atomic mass is 35.5. The van der Waals surface area contributed by atoms with Crippen LogP contribution in [0, 0.1) is 5.92 Å². The topological polar surface area (TPSA) is 41.5 Å². The highest BCUT2D eigenvalue weighted by molar-refractivity contribution is 7.14. The lowest BCUT2D eigenvalue weighted by atomic mass is 9.90. The van der Waals surface area contributed by atoms with E-state index < -0.39 is 0 Å². The highest BCUT2D eigenvalue weighted by Crippen LogP contribution is 2.32. The number of aryl methyl sites for hydroxylation is 1. The van der Waals surface area contributed by atoms with Crippen LogP contribution in [0.25, 0.3) is 0 Å². The first-order valence-electron chi connectivity index (χ1n) is 7.43. The zero-order chi connectivity index (χ0) is 16.4. The summed E-state index contributed by atoms with van der Waals surface area (Å²) in [6, 6.07) is 7.12. The molecule has 1 heterocycles. The maximum atomic E-state index is 12.2. The van der Waals surface area contributed by atoms with Crippen LogP contribution in [0.15, 0.2) is 29.4 Å². The van der Waals surface area contributed by atoms with Crippen LogP contribution >= 0.6 is 34.5 Å². The number of hydrazone groups is 1. The summed E-state index contributed by atoms with van der Waals surface area (Å²) in [4.78, 5) is 14.2. The smallest absolute Gasteiger partial charge is 0.266 e. The molecule has 1 aliphatic carbocycles. The van der Waals surface area contributed by atoms with Crippen LogP contribution in [0.4, 0.5) is 0 Å². The first kappa shape index (κ1) is 16.5. The average Bonchev–Trinajstić information content (AvgIpc) is 2.92. The molecule has 0 fully saturated rings. The van der Waals surface area contributed by atoms with Gasteiger partial charge in [0.1, 0.15) is 0 Å². The van der Waals surface area contributed by atoms with Crippen LogP contribution in [-0.4, -0.2) is 12.1 Å². The van der Waals surface area contributed by atoms with E-state index in [-0.39, 0.29) is 5.91 Å². The zero-order valence-corrected chi connectivity index (χ0v) is 14.9. The van der Waals surface area contributed by atoms with Gasteiger partial charge in [-0.1, -0.05) is 36.2 Å². The van der Waals surface area contributed by atoms with Gasteiger partial charge in [0, 0.05) is 15.5 Å². The van der Waals surface area contributed by atoms with Gasteiger partial charge < -0.3 is 0 Å². The SMILES string of the molecule is C[C@H]1CCc2sc(C(=O)N/N=C\c3ccc(Cl)cc3Cl)cc2C1. The number of carbonyl (C=O) groups is 1. The molecule has 120 valence electrons. The molecule has 0 radical (unpaired) electrons. The van der Waals surface area contributed by atoms with E-state index in [1.54, 1.807) is 29.5 Å². The Bertz CT molecular complexity index is 770. The Balaban J connectivity index is 1.66. The van der Waals surface area contributed by atoms with Crippen molar-refractivity contribution in [3.8, 4) is 0 Å². The fourth-order valence-corrected chi connectivity index (χ4v) is 4.19. The second-order valence-corrected chi connectivity index (χ2v) is 7.75. The minimum atomic E-state index is -0.182. The van der Waals surface area contributed by atoms with Crippen molar-refractivity contribution in [1.29, 1.82) is 0 Å². The summed E-state index contributed by atoms with van der Waals surface area (Å²) in [6.07, 6.45) is 4.84. The minimum absolute atomic E-state index is 0.182. The maximum absolute atomic E-state index is 12.2. The second kappa shape index (κ2) is 7.04. The predicted octanol–water partition coefficient (Wildman–Crippen LogP) is 4.94. The molecular formula is C17H16Cl2N2OS. The number of nitrogens with one attached hydrogen (secondary N) is 1. The first-order valence-corrected chi connectivity index (χ1v) is 9.00. The molecular weight excluding hydrogens is 351 g/mol. The van der Waals surface area contributed by atoms with Crippen molar-refractivity contribution in [2.75, 3.05) is 0 Å². The molecule has 0 saturated heterocycles. The molecule has 1 aromatic carbocycles. The zero-order valence-electron chi connectivity index (χ0n) is 12.6. The molecule has 0 bridgehead atoms. The summed E-state index contributed by atoms with van der Waals surface area (Å²) in [5, 5.41) is 5.04. The molecule has 1 aromatic heterocycles. The minimum Gasteiger partial charge on any atom is -0.266 e. The van der Waals surface area contributed by atoms with Crippen LogP contribution in [-0.2, 0) is 12.8 Å². The van der Waals surface area contributed by atoms with Crippen LogP contribution in [0.2, 0.25) is 10.0 Å². The van der Waals surface area contributed by atoms with Crippen LogP contribution < -0.4 is 5.43 Å². The van der Waals surface area contributed by atoms with Crippen molar-refractivity contribution < 1.29 is 4.79 Å². The Labute approximate surface area is 149 Å². The number of nitrogens with zero attached hydrogens (tertiary/aromatic N) is 1. The molecule has 0 spiro atoms. The number of amides is 1. The Morgan fingerprint density at radius 2 is 2.22 bits per heavy atom. The third kappa shape index (κ3) is 3.94. The van der Waals surface area contributed by atoms with Gasteiger partial charge in [0.2, 0.25) is 0 Å². The molecule has 6 heteroatoms. The van der Waals surface area contributed by atoms with Gasteiger partial charge in [-0.25, -0.2) is 5.43 Å². The van der Waals surface area contributed by atoms with Gasteiger partial charge in [0.05, 0.1) is 16.1 Å². The number of hydrogen-bond donors (Lipinski definition) is 1. The van der Waals surface area contributed by atoms with E-state index >= 15 is 0 Å². The third-order valence-electron chi connectivity index (χ3n) is 3.89. The molecule has 0 unspecified atom stereocenters. The summed E-state index contributed by atoms with van der Waals surface area (Å²) in [5.74, 6) is 0.511. The van der Waals surface area contributed by atoms with Gasteiger partial charge in [0.25, 0.3) is 5.91 Å². The summed E-state index contributed by atoms with van der Waals surface area (Å²) < 4.78 is 0. The van der Waals surface area contributed by atoms with Crippen LogP contribution in [0.1, 0.15) is 39.0 Å². The molecule has 0 aliphatic heterocycles. The molecule has 1 atom stereocenters. The summed E-state index contributed by atoms with van der Waals surface area (Å²) in [5.41, 5.74) is 4.57. The molecule has 0 saturated carbocycles. The van der Waals surface area contributed by atoms with E-state index in [1.807, 2.05) is 6.07 Å². The van der Waals surface area contributed by atoms with Crippen molar-refractivity contribution in [1.82, 2.24) is 5.43 Å². The number of fused-ring (bicyclic) bond motifs is 1.